The summed E-state index contributed by atoms with van der Waals surface area (Å²) in [6.07, 6.45) is 0.800. The van der Waals surface area contributed by atoms with E-state index in [1.807, 2.05) is 0 Å². The molecule has 0 fully saturated rings. The van der Waals surface area contributed by atoms with Gasteiger partial charge in [-0.05, 0) is 39.2 Å². The van der Waals surface area contributed by atoms with Crippen molar-refractivity contribution >= 4 is 38.6 Å². The van der Waals surface area contributed by atoms with Gasteiger partial charge in [-0.2, -0.15) is 0 Å². The fourth-order valence-corrected chi connectivity index (χ4v) is 2.58. The second-order valence-corrected chi connectivity index (χ2v) is 6.32. The van der Waals surface area contributed by atoms with Gasteiger partial charge in [0.05, 0.1) is 11.0 Å². The molecule has 0 saturated carbocycles. The number of nitrogens with zero attached hydrogens (tertiary/aromatic N) is 3. The van der Waals surface area contributed by atoms with Crippen LogP contribution in [-0.4, -0.2) is 40.5 Å². The Morgan fingerprint density at radius 1 is 1.42 bits per heavy atom. The van der Waals surface area contributed by atoms with Crippen molar-refractivity contribution in [2.75, 3.05) is 20.0 Å². The molecule has 104 valence electrons. The molecule has 0 aliphatic carbocycles. The Labute approximate surface area is 127 Å². The summed E-state index contributed by atoms with van der Waals surface area (Å²) >= 11 is 9.39. The first-order valence-corrected chi connectivity index (χ1v) is 7.72. The molecule has 1 heterocycles. The first-order valence-electron chi connectivity index (χ1n) is 6.40. The minimum absolute atomic E-state index is 0.454. The fourth-order valence-electron chi connectivity index (χ4n) is 2.06. The van der Waals surface area contributed by atoms with Crippen LogP contribution < -0.4 is 0 Å². The maximum Gasteiger partial charge on any atom is 0.111 e. The second-order valence-electron chi connectivity index (χ2n) is 5.02. The van der Waals surface area contributed by atoms with Gasteiger partial charge in [0.15, 0.2) is 0 Å². The van der Waals surface area contributed by atoms with Gasteiger partial charge in [0.25, 0.3) is 0 Å². The van der Waals surface area contributed by atoms with E-state index in [4.69, 9.17) is 16.6 Å². The van der Waals surface area contributed by atoms with Crippen LogP contribution in [0, 0.1) is 0 Å². The lowest BCUT2D eigenvalue weighted by Crippen LogP contribution is -2.29. The highest BCUT2D eigenvalue weighted by atomic mass is 79.9. The number of fused-ring (bicyclic) bond motifs is 1. The average molecular weight is 345 g/mol. The van der Waals surface area contributed by atoms with Crippen LogP contribution in [-0.2, 0) is 13.0 Å². The molecule has 2 rings (SSSR count). The molecule has 1 aromatic carbocycles. The molecule has 2 aromatic rings. The molecule has 0 radical (unpaired) electrons. The minimum Gasteiger partial charge on any atom is -0.326 e. The van der Waals surface area contributed by atoms with E-state index in [9.17, 15) is 0 Å². The van der Waals surface area contributed by atoms with E-state index in [0.29, 0.717) is 11.9 Å². The molecule has 0 spiro atoms. The number of alkyl halides is 1. The summed E-state index contributed by atoms with van der Waals surface area (Å²) in [5, 5.41) is 0. The molecule has 0 aliphatic rings. The van der Waals surface area contributed by atoms with Crippen molar-refractivity contribution in [3.63, 3.8) is 0 Å². The molecule has 1 unspecified atom stereocenters. The Morgan fingerprint density at radius 3 is 2.79 bits per heavy atom. The molecule has 19 heavy (non-hydrogen) atoms. The lowest BCUT2D eigenvalue weighted by Gasteiger charge is -2.21. The van der Waals surface area contributed by atoms with Crippen molar-refractivity contribution in [1.29, 1.82) is 0 Å². The van der Waals surface area contributed by atoms with Crippen molar-refractivity contribution in [3.8, 4) is 0 Å². The predicted octanol–water partition coefficient (Wildman–Crippen LogP) is 3.53. The number of likely N-dealkylation sites (N-methyl/N-ethyl adjacent to an activating group) is 1. The SMILES string of the molecule is CC(Cn1c(CCCl)nc2cc(Br)ccc21)N(C)C. The Balaban J connectivity index is 2.45. The zero-order chi connectivity index (χ0) is 14.0. The van der Waals surface area contributed by atoms with Crippen molar-refractivity contribution in [2.45, 2.75) is 25.9 Å². The molecule has 0 amide bonds. The summed E-state index contributed by atoms with van der Waals surface area (Å²) < 4.78 is 3.34. The summed E-state index contributed by atoms with van der Waals surface area (Å²) in [6, 6.07) is 6.69. The number of rotatable bonds is 5. The lowest BCUT2D eigenvalue weighted by molar-refractivity contribution is 0.284. The topological polar surface area (TPSA) is 21.1 Å². The van der Waals surface area contributed by atoms with Crippen LogP contribution in [0.4, 0.5) is 0 Å². The molecule has 0 saturated heterocycles. The van der Waals surface area contributed by atoms with Gasteiger partial charge in [0, 0.05) is 29.4 Å². The van der Waals surface area contributed by atoms with E-state index in [1.165, 1.54) is 5.52 Å². The Bertz CT molecular complexity index is 565. The van der Waals surface area contributed by atoms with E-state index in [0.717, 1.165) is 28.8 Å². The summed E-state index contributed by atoms with van der Waals surface area (Å²) in [5.41, 5.74) is 2.21. The zero-order valence-electron chi connectivity index (χ0n) is 11.5. The first kappa shape index (κ1) is 14.8. The van der Waals surface area contributed by atoms with Crippen LogP contribution in [0.5, 0.6) is 0 Å². The lowest BCUT2D eigenvalue weighted by atomic mass is 10.2. The van der Waals surface area contributed by atoms with Crippen LogP contribution >= 0.6 is 27.5 Å². The van der Waals surface area contributed by atoms with Crippen molar-refractivity contribution in [1.82, 2.24) is 14.5 Å². The third-order valence-electron chi connectivity index (χ3n) is 3.44. The van der Waals surface area contributed by atoms with Crippen LogP contribution in [0.25, 0.3) is 11.0 Å². The monoisotopic (exact) mass is 343 g/mol. The quantitative estimate of drug-likeness (QED) is 0.774. The third-order valence-corrected chi connectivity index (χ3v) is 4.12. The maximum atomic E-state index is 5.89. The molecular formula is C14H19BrClN3. The van der Waals surface area contributed by atoms with E-state index in [1.54, 1.807) is 0 Å². The van der Waals surface area contributed by atoms with Crippen molar-refractivity contribution in [2.24, 2.45) is 0 Å². The maximum absolute atomic E-state index is 5.89. The van der Waals surface area contributed by atoms with Gasteiger partial charge >= 0.3 is 0 Å². The number of aromatic nitrogens is 2. The van der Waals surface area contributed by atoms with Gasteiger partial charge in [-0.15, -0.1) is 11.6 Å². The number of hydrogen-bond donors (Lipinski definition) is 0. The Hall–Kier alpha value is -0.580. The van der Waals surface area contributed by atoms with Crippen LogP contribution in [0.15, 0.2) is 22.7 Å². The molecular weight excluding hydrogens is 326 g/mol. The molecule has 0 N–H and O–H groups in total. The van der Waals surface area contributed by atoms with E-state index >= 15 is 0 Å². The molecule has 5 heteroatoms. The second kappa shape index (κ2) is 6.25. The van der Waals surface area contributed by atoms with E-state index in [2.05, 4.69) is 64.6 Å². The van der Waals surface area contributed by atoms with Crippen LogP contribution in [0.3, 0.4) is 0 Å². The van der Waals surface area contributed by atoms with Gasteiger partial charge in [-0.3, -0.25) is 0 Å². The third kappa shape index (κ3) is 3.30. The summed E-state index contributed by atoms with van der Waals surface area (Å²) in [7, 11) is 4.20. The van der Waals surface area contributed by atoms with Gasteiger partial charge in [-0.25, -0.2) is 4.98 Å². The molecule has 1 atom stereocenters. The standard InChI is InChI=1S/C14H19BrClN3/c1-10(18(2)3)9-19-13-5-4-11(15)8-12(13)17-14(19)6-7-16/h4-5,8,10H,6-7,9H2,1-3H3. The Kier molecular flexibility index (Phi) is 4.87. The molecule has 3 nitrogen and oxygen atoms in total. The highest BCUT2D eigenvalue weighted by Crippen LogP contribution is 2.22. The minimum atomic E-state index is 0.454. The number of imidazole rings is 1. The smallest absolute Gasteiger partial charge is 0.111 e. The number of hydrogen-bond acceptors (Lipinski definition) is 2. The number of halogens is 2. The van der Waals surface area contributed by atoms with Crippen molar-refractivity contribution in [3.05, 3.63) is 28.5 Å². The van der Waals surface area contributed by atoms with Crippen LogP contribution in [0.1, 0.15) is 12.7 Å². The summed E-state index contributed by atoms with van der Waals surface area (Å²) in [5.74, 6) is 1.66. The predicted molar refractivity (Wildman–Crippen MR) is 85.0 cm³/mol. The highest BCUT2D eigenvalue weighted by Gasteiger charge is 2.14. The highest BCUT2D eigenvalue weighted by molar-refractivity contribution is 9.10. The molecule has 0 aliphatic heterocycles. The van der Waals surface area contributed by atoms with Gasteiger partial charge in [-0.1, -0.05) is 15.9 Å². The van der Waals surface area contributed by atoms with Crippen molar-refractivity contribution < 1.29 is 0 Å². The fraction of sp³-hybridized carbons (Fsp3) is 0.500. The van der Waals surface area contributed by atoms with Gasteiger partial charge in [0.2, 0.25) is 0 Å². The summed E-state index contributed by atoms with van der Waals surface area (Å²) in [6.45, 7) is 3.15. The first-order chi connectivity index (χ1) is 9.02. The Morgan fingerprint density at radius 2 is 2.16 bits per heavy atom. The molecule has 1 aromatic heterocycles. The number of benzene rings is 1. The molecule has 0 bridgehead atoms. The summed E-state index contributed by atoms with van der Waals surface area (Å²) in [4.78, 5) is 6.92. The van der Waals surface area contributed by atoms with Gasteiger partial charge in [0.1, 0.15) is 5.82 Å². The van der Waals surface area contributed by atoms with E-state index < -0.39 is 0 Å². The normalized spacial score (nSPS) is 13.4. The number of aryl methyl sites for hydroxylation is 1. The van der Waals surface area contributed by atoms with E-state index in [-0.39, 0.29) is 0 Å². The zero-order valence-corrected chi connectivity index (χ0v) is 13.9. The van der Waals surface area contributed by atoms with Crippen LogP contribution in [0.2, 0.25) is 0 Å². The average Bonchev–Trinajstić information content (AvgIpc) is 2.67. The van der Waals surface area contributed by atoms with Gasteiger partial charge < -0.3 is 9.47 Å². The largest absolute Gasteiger partial charge is 0.326 e.